The summed E-state index contributed by atoms with van der Waals surface area (Å²) in [7, 11) is 1.78. The SMILES string of the molecule is COCCN(C(C)C)C1(CN)CCCC(C)(C)C1. The molecule has 1 rings (SSSR count). The van der Waals surface area contributed by atoms with Crippen molar-refractivity contribution in [3.8, 4) is 0 Å². The monoisotopic (exact) mass is 256 g/mol. The first-order valence-electron chi connectivity index (χ1n) is 7.33. The van der Waals surface area contributed by atoms with Gasteiger partial charge in [-0.15, -0.1) is 0 Å². The van der Waals surface area contributed by atoms with Crippen LogP contribution < -0.4 is 5.73 Å². The van der Waals surface area contributed by atoms with Crippen LogP contribution in [0.4, 0.5) is 0 Å². The van der Waals surface area contributed by atoms with Crippen LogP contribution in [0.2, 0.25) is 0 Å². The molecule has 2 N–H and O–H groups in total. The van der Waals surface area contributed by atoms with E-state index in [9.17, 15) is 0 Å². The first kappa shape index (κ1) is 15.9. The van der Waals surface area contributed by atoms with Crippen LogP contribution in [0.5, 0.6) is 0 Å². The zero-order valence-corrected chi connectivity index (χ0v) is 13.0. The Balaban J connectivity index is 2.88. The van der Waals surface area contributed by atoms with Gasteiger partial charge in [0.15, 0.2) is 0 Å². The van der Waals surface area contributed by atoms with E-state index < -0.39 is 0 Å². The quantitative estimate of drug-likeness (QED) is 0.794. The van der Waals surface area contributed by atoms with Gasteiger partial charge in [0.2, 0.25) is 0 Å². The maximum atomic E-state index is 6.19. The summed E-state index contributed by atoms with van der Waals surface area (Å²) in [6.07, 6.45) is 5.05. The number of methoxy groups -OCH3 is 1. The summed E-state index contributed by atoms with van der Waals surface area (Å²) in [5.74, 6) is 0. The van der Waals surface area contributed by atoms with Crippen molar-refractivity contribution in [2.45, 2.75) is 65.0 Å². The Morgan fingerprint density at radius 3 is 2.39 bits per heavy atom. The van der Waals surface area contributed by atoms with E-state index in [0.717, 1.165) is 19.7 Å². The number of hydrogen-bond donors (Lipinski definition) is 1. The normalized spacial score (nSPS) is 28.0. The van der Waals surface area contributed by atoms with Crippen molar-refractivity contribution in [3.63, 3.8) is 0 Å². The first-order valence-corrected chi connectivity index (χ1v) is 7.33. The van der Waals surface area contributed by atoms with Crippen molar-refractivity contribution >= 4 is 0 Å². The number of hydrogen-bond acceptors (Lipinski definition) is 3. The van der Waals surface area contributed by atoms with Gasteiger partial charge in [-0.1, -0.05) is 20.3 Å². The Labute approximate surface area is 113 Å². The van der Waals surface area contributed by atoms with Gasteiger partial charge in [-0.3, -0.25) is 4.90 Å². The number of rotatable bonds is 6. The summed E-state index contributed by atoms with van der Waals surface area (Å²) in [6, 6.07) is 0.526. The minimum absolute atomic E-state index is 0.175. The third-order valence-corrected chi connectivity index (χ3v) is 4.45. The maximum Gasteiger partial charge on any atom is 0.0590 e. The van der Waals surface area contributed by atoms with E-state index in [4.69, 9.17) is 10.5 Å². The molecule has 1 aliphatic carbocycles. The minimum Gasteiger partial charge on any atom is -0.383 e. The van der Waals surface area contributed by atoms with Gasteiger partial charge >= 0.3 is 0 Å². The minimum atomic E-state index is 0.175. The highest BCUT2D eigenvalue weighted by Gasteiger charge is 2.43. The lowest BCUT2D eigenvalue weighted by molar-refractivity contribution is -0.0225. The van der Waals surface area contributed by atoms with E-state index in [-0.39, 0.29) is 5.54 Å². The molecule has 0 aromatic carbocycles. The summed E-state index contributed by atoms with van der Waals surface area (Å²) < 4.78 is 5.27. The van der Waals surface area contributed by atoms with Crippen LogP contribution in [0, 0.1) is 5.41 Å². The van der Waals surface area contributed by atoms with Gasteiger partial charge in [0.1, 0.15) is 0 Å². The van der Waals surface area contributed by atoms with Gasteiger partial charge in [-0.05, 0) is 38.5 Å². The van der Waals surface area contributed by atoms with E-state index in [1.165, 1.54) is 25.7 Å². The van der Waals surface area contributed by atoms with Crippen molar-refractivity contribution in [1.82, 2.24) is 4.90 Å². The summed E-state index contributed by atoms with van der Waals surface area (Å²) >= 11 is 0. The van der Waals surface area contributed by atoms with Crippen molar-refractivity contribution in [2.75, 3.05) is 26.8 Å². The maximum absolute atomic E-state index is 6.19. The van der Waals surface area contributed by atoms with Gasteiger partial charge in [-0.25, -0.2) is 0 Å². The molecule has 1 atom stereocenters. The smallest absolute Gasteiger partial charge is 0.0590 e. The van der Waals surface area contributed by atoms with Gasteiger partial charge in [0, 0.05) is 31.8 Å². The van der Waals surface area contributed by atoms with Crippen LogP contribution >= 0.6 is 0 Å². The number of nitrogens with zero attached hydrogens (tertiary/aromatic N) is 1. The molecular formula is C15H32N2O. The molecule has 0 spiro atoms. The zero-order valence-electron chi connectivity index (χ0n) is 13.0. The molecule has 0 bridgehead atoms. The molecule has 0 aromatic heterocycles. The van der Waals surface area contributed by atoms with E-state index >= 15 is 0 Å². The van der Waals surface area contributed by atoms with Crippen molar-refractivity contribution < 1.29 is 4.74 Å². The highest BCUT2D eigenvalue weighted by molar-refractivity contribution is 5.00. The summed E-state index contributed by atoms with van der Waals surface area (Å²) in [5, 5.41) is 0. The van der Waals surface area contributed by atoms with Crippen LogP contribution in [0.25, 0.3) is 0 Å². The molecule has 1 unspecified atom stereocenters. The molecule has 0 radical (unpaired) electrons. The van der Waals surface area contributed by atoms with E-state index in [1.54, 1.807) is 7.11 Å². The Morgan fingerprint density at radius 2 is 1.94 bits per heavy atom. The van der Waals surface area contributed by atoms with Crippen LogP contribution in [0.1, 0.15) is 53.4 Å². The zero-order chi connectivity index (χ0) is 13.8. The lowest BCUT2D eigenvalue weighted by Gasteiger charge is -2.52. The van der Waals surface area contributed by atoms with E-state index in [1.807, 2.05) is 0 Å². The summed E-state index contributed by atoms with van der Waals surface area (Å²) in [5.41, 5.74) is 6.78. The van der Waals surface area contributed by atoms with Gasteiger partial charge in [-0.2, -0.15) is 0 Å². The fourth-order valence-corrected chi connectivity index (χ4v) is 3.73. The lowest BCUT2D eigenvalue weighted by atomic mass is 9.67. The third-order valence-electron chi connectivity index (χ3n) is 4.45. The molecule has 18 heavy (non-hydrogen) atoms. The van der Waals surface area contributed by atoms with E-state index in [2.05, 4.69) is 32.6 Å². The molecular weight excluding hydrogens is 224 g/mol. The molecule has 0 aliphatic heterocycles. The second kappa shape index (κ2) is 6.36. The van der Waals surface area contributed by atoms with Crippen LogP contribution in [0.3, 0.4) is 0 Å². The molecule has 0 aromatic rings. The molecule has 1 fully saturated rings. The van der Waals surface area contributed by atoms with Crippen LogP contribution in [-0.2, 0) is 4.74 Å². The second-order valence-corrected chi connectivity index (χ2v) is 6.90. The average Bonchev–Trinajstić information content (AvgIpc) is 2.27. The topological polar surface area (TPSA) is 38.5 Å². The highest BCUT2D eigenvalue weighted by atomic mass is 16.5. The second-order valence-electron chi connectivity index (χ2n) is 6.90. The predicted molar refractivity (Wildman–Crippen MR) is 77.8 cm³/mol. The Morgan fingerprint density at radius 1 is 1.28 bits per heavy atom. The lowest BCUT2D eigenvalue weighted by Crippen LogP contribution is -2.60. The van der Waals surface area contributed by atoms with Crippen molar-refractivity contribution in [2.24, 2.45) is 11.1 Å². The number of nitrogens with two attached hydrogens (primary N) is 1. The summed E-state index contributed by atoms with van der Waals surface area (Å²) in [4.78, 5) is 2.58. The Hall–Kier alpha value is -0.120. The first-order chi connectivity index (χ1) is 8.37. The number of ether oxygens (including phenoxy) is 1. The van der Waals surface area contributed by atoms with Crippen molar-refractivity contribution in [3.05, 3.63) is 0 Å². The van der Waals surface area contributed by atoms with E-state index in [0.29, 0.717) is 11.5 Å². The van der Waals surface area contributed by atoms with Gasteiger partial charge < -0.3 is 10.5 Å². The summed E-state index contributed by atoms with van der Waals surface area (Å²) in [6.45, 7) is 11.8. The van der Waals surface area contributed by atoms with Crippen LogP contribution in [0.15, 0.2) is 0 Å². The standard InChI is InChI=1S/C15H32N2O/c1-13(2)17(9-10-18-5)15(12-16)8-6-7-14(3,4)11-15/h13H,6-12,16H2,1-5H3. The molecule has 0 saturated heterocycles. The molecule has 3 nitrogen and oxygen atoms in total. The molecule has 0 heterocycles. The fourth-order valence-electron chi connectivity index (χ4n) is 3.73. The predicted octanol–water partition coefficient (Wildman–Crippen LogP) is 2.64. The molecule has 1 aliphatic rings. The van der Waals surface area contributed by atoms with Crippen molar-refractivity contribution in [1.29, 1.82) is 0 Å². The highest BCUT2D eigenvalue weighted by Crippen LogP contribution is 2.44. The van der Waals surface area contributed by atoms with Gasteiger partial charge in [0.05, 0.1) is 6.61 Å². The van der Waals surface area contributed by atoms with Crippen LogP contribution in [-0.4, -0.2) is 43.3 Å². The molecule has 3 heteroatoms. The Kier molecular flexibility index (Phi) is 5.63. The molecule has 108 valence electrons. The molecule has 1 saturated carbocycles. The fraction of sp³-hybridized carbons (Fsp3) is 1.00. The Bertz CT molecular complexity index is 253. The van der Waals surface area contributed by atoms with Gasteiger partial charge in [0.25, 0.3) is 0 Å². The largest absolute Gasteiger partial charge is 0.383 e. The third kappa shape index (κ3) is 3.69. The average molecular weight is 256 g/mol. The molecule has 0 amide bonds.